The first-order valence-electron chi connectivity index (χ1n) is 10.2. The molecule has 8 nitrogen and oxygen atoms in total. The third-order valence-electron chi connectivity index (χ3n) is 5.41. The molecule has 0 bridgehead atoms. The van der Waals surface area contributed by atoms with Gasteiger partial charge < -0.3 is 15.6 Å². The Balaban J connectivity index is 1.12. The van der Waals surface area contributed by atoms with Gasteiger partial charge in [-0.2, -0.15) is 5.10 Å². The number of carbonyl (C=O) groups excluding carboxylic acids is 1. The van der Waals surface area contributed by atoms with Gasteiger partial charge in [0.15, 0.2) is 0 Å². The largest absolute Gasteiger partial charge is 0.344 e. The van der Waals surface area contributed by atoms with Crippen molar-refractivity contribution in [2.75, 3.05) is 6.54 Å². The molecule has 0 aliphatic heterocycles. The van der Waals surface area contributed by atoms with Crippen LogP contribution in [0.2, 0.25) is 0 Å². The average Bonchev–Trinajstić information content (AvgIpc) is 3.49. The van der Waals surface area contributed by atoms with Gasteiger partial charge >= 0.3 is 0 Å². The van der Waals surface area contributed by atoms with Crippen molar-refractivity contribution in [2.45, 2.75) is 32.0 Å². The van der Waals surface area contributed by atoms with E-state index in [9.17, 15) is 4.79 Å². The smallest absolute Gasteiger partial charge is 0.255 e. The fourth-order valence-electron chi connectivity index (χ4n) is 3.89. The molecule has 4 aromatic rings. The molecule has 1 aromatic carbocycles. The molecule has 0 spiro atoms. The molecular weight excluding hydrogens is 378 g/mol. The van der Waals surface area contributed by atoms with Gasteiger partial charge in [-0.1, -0.05) is 18.2 Å². The molecule has 0 fully saturated rings. The van der Waals surface area contributed by atoms with Crippen LogP contribution in [0.1, 0.15) is 39.9 Å². The Morgan fingerprint density at radius 3 is 3.10 bits per heavy atom. The predicted molar refractivity (Wildman–Crippen MR) is 113 cm³/mol. The summed E-state index contributed by atoms with van der Waals surface area (Å²) in [4.78, 5) is 24.9. The van der Waals surface area contributed by atoms with Crippen molar-refractivity contribution >= 4 is 16.9 Å². The van der Waals surface area contributed by atoms with Gasteiger partial charge in [-0.3, -0.25) is 14.5 Å². The summed E-state index contributed by atoms with van der Waals surface area (Å²) in [5, 5.41) is 10.8. The molecule has 1 aliphatic carbocycles. The van der Waals surface area contributed by atoms with E-state index in [0.717, 1.165) is 41.9 Å². The number of fused-ring (bicyclic) bond motifs is 2. The molecule has 0 radical (unpaired) electrons. The number of aromatic amines is 1. The van der Waals surface area contributed by atoms with Crippen LogP contribution in [0.15, 0.2) is 55.0 Å². The number of carbonyl (C=O) groups is 1. The lowest BCUT2D eigenvalue weighted by Crippen LogP contribution is -2.27. The maximum atomic E-state index is 12.6. The zero-order valence-electron chi connectivity index (χ0n) is 16.5. The zero-order valence-corrected chi connectivity index (χ0v) is 16.5. The summed E-state index contributed by atoms with van der Waals surface area (Å²) in [5.74, 6) is 0.794. The number of amides is 1. The highest BCUT2D eigenvalue weighted by atomic mass is 16.1. The summed E-state index contributed by atoms with van der Waals surface area (Å²) in [6.45, 7) is 2.04. The second-order valence-corrected chi connectivity index (χ2v) is 7.48. The van der Waals surface area contributed by atoms with Crippen molar-refractivity contribution in [3.8, 4) is 0 Å². The van der Waals surface area contributed by atoms with Gasteiger partial charge in [0.25, 0.3) is 5.91 Å². The molecule has 152 valence electrons. The lowest BCUT2D eigenvalue weighted by Gasteiger charge is -2.12. The second kappa shape index (κ2) is 8.08. The summed E-state index contributed by atoms with van der Waals surface area (Å²) in [6.07, 6.45) is 7.01. The summed E-state index contributed by atoms with van der Waals surface area (Å²) < 4.78 is 1.78. The van der Waals surface area contributed by atoms with Gasteiger partial charge in [0.05, 0.1) is 47.6 Å². The molecule has 5 rings (SSSR count). The number of hydrogen-bond donors (Lipinski definition) is 3. The number of aryl methyl sites for hydroxylation is 1. The number of imidazole rings is 1. The number of hydrogen-bond acceptors (Lipinski definition) is 5. The monoisotopic (exact) mass is 401 g/mol. The van der Waals surface area contributed by atoms with Crippen LogP contribution in [0.25, 0.3) is 11.0 Å². The van der Waals surface area contributed by atoms with E-state index >= 15 is 0 Å². The topological polar surface area (TPSA) is 101 Å². The average molecular weight is 401 g/mol. The van der Waals surface area contributed by atoms with Crippen LogP contribution in [-0.4, -0.2) is 37.2 Å². The van der Waals surface area contributed by atoms with Crippen molar-refractivity contribution in [1.29, 1.82) is 0 Å². The minimum absolute atomic E-state index is 0.0254. The van der Waals surface area contributed by atoms with E-state index in [1.165, 1.54) is 5.56 Å². The maximum Gasteiger partial charge on any atom is 0.255 e. The molecule has 1 amide bonds. The van der Waals surface area contributed by atoms with E-state index in [4.69, 9.17) is 0 Å². The van der Waals surface area contributed by atoms with Crippen LogP contribution < -0.4 is 10.6 Å². The summed E-state index contributed by atoms with van der Waals surface area (Å²) >= 11 is 0. The van der Waals surface area contributed by atoms with Crippen molar-refractivity contribution in [1.82, 2.24) is 35.4 Å². The Kier molecular flexibility index (Phi) is 4.98. The van der Waals surface area contributed by atoms with E-state index in [1.54, 1.807) is 23.3 Å². The molecule has 1 atom stereocenters. The van der Waals surface area contributed by atoms with Crippen LogP contribution in [0, 0.1) is 0 Å². The van der Waals surface area contributed by atoms with E-state index in [2.05, 4.69) is 36.8 Å². The Labute approximate surface area is 173 Å². The number of nitrogens with zero attached hydrogens (tertiary/aromatic N) is 4. The molecule has 0 saturated heterocycles. The van der Waals surface area contributed by atoms with Gasteiger partial charge in [-0.05, 0) is 36.6 Å². The first-order valence-corrected chi connectivity index (χ1v) is 10.2. The molecular formula is C22H23N7O. The molecule has 1 aliphatic rings. The third-order valence-corrected chi connectivity index (χ3v) is 5.41. The minimum Gasteiger partial charge on any atom is -0.344 e. The molecule has 30 heavy (non-hydrogen) atoms. The van der Waals surface area contributed by atoms with E-state index in [0.29, 0.717) is 18.7 Å². The summed E-state index contributed by atoms with van der Waals surface area (Å²) in [6, 6.07) is 12.0. The Morgan fingerprint density at radius 2 is 2.17 bits per heavy atom. The molecule has 3 aromatic heterocycles. The Hall–Kier alpha value is -3.52. The van der Waals surface area contributed by atoms with Gasteiger partial charge in [0.1, 0.15) is 5.82 Å². The highest BCUT2D eigenvalue weighted by Crippen LogP contribution is 2.28. The van der Waals surface area contributed by atoms with E-state index in [-0.39, 0.29) is 11.9 Å². The zero-order chi connectivity index (χ0) is 20.3. The summed E-state index contributed by atoms with van der Waals surface area (Å²) in [5.41, 5.74) is 4.77. The normalized spacial score (nSPS) is 15.4. The number of benzene rings is 1. The van der Waals surface area contributed by atoms with E-state index < -0.39 is 0 Å². The summed E-state index contributed by atoms with van der Waals surface area (Å²) in [7, 11) is 0. The van der Waals surface area contributed by atoms with Crippen molar-refractivity contribution in [3.05, 3.63) is 77.6 Å². The lowest BCUT2D eigenvalue weighted by atomic mass is 10.2. The van der Waals surface area contributed by atoms with Crippen LogP contribution >= 0.6 is 0 Å². The van der Waals surface area contributed by atoms with Gasteiger partial charge in [-0.25, -0.2) is 4.98 Å². The number of rotatable bonds is 7. The molecule has 1 unspecified atom stereocenters. The van der Waals surface area contributed by atoms with Crippen LogP contribution in [-0.2, 0) is 19.5 Å². The highest BCUT2D eigenvalue weighted by Gasteiger charge is 2.25. The van der Waals surface area contributed by atoms with Gasteiger partial charge in [0, 0.05) is 18.9 Å². The SMILES string of the molecule is O=C(NC1CCc2cccnc21)c1cnn(CCNCc2nc3ccccc3[nH]2)c1. The first-order chi connectivity index (χ1) is 14.8. The van der Waals surface area contributed by atoms with Crippen molar-refractivity contribution in [3.63, 3.8) is 0 Å². The van der Waals surface area contributed by atoms with Crippen molar-refractivity contribution < 1.29 is 4.79 Å². The fraction of sp³-hybridized carbons (Fsp3) is 0.273. The molecule has 3 heterocycles. The maximum absolute atomic E-state index is 12.6. The highest BCUT2D eigenvalue weighted by molar-refractivity contribution is 5.94. The van der Waals surface area contributed by atoms with Gasteiger partial charge in [-0.15, -0.1) is 0 Å². The predicted octanol–water partition coefficient (Wildman–Crippen LogP) is 2.36. The lowest BCUT2D eigenvalue weighted by molar-refractivity contribution is 0.0936. The first kappa shape index (κ1) is 18.5. The van der Waals surface area contributed by atoms with Crippen LogP contribution in [0.4, 0.5) is 0 Å². The molecule has 3 N–H and O–H groups in total. The molecule has 8 heteroatoms. The number of nitrogens with one attached hydrogen (secondary N) is 3. The number of aromatic nitrogens is 5. The third kappa shape index (κ3) is 3.81. The Bertz CT molecular complexity index is 1150. The Morgan fingerprint density at radius 1 is 1.23 bits per heavy atom. The number of para-hydroxylation sites is 2. The number of H-pyrrole nitrogens is 1. The quantitative estimate of drug-likeness (QED) is 0.413. The minimum atomic E-state index is -0.111. The molecule has 0 saturated carbocycles. The fourth-order valence-corrected chi connectivity index (χ4v) is 3.89. The van der Waals surface area contributed by atoms with Gasteiger partial charge in [0.2, 0.25) is 0 Å². The van der Waals surface area contributed by atoms with Crippen LogP contribution in [0.5, 0.6) is 0 Å². The standard InChI is InChI=1S/C22H23N7O/c30-22(28-19-8-7-15-4-3-9-24-21(15)19)16-12-25-29(14-16)11-10-23-13-20-26-17-5-1-2-6-18(17)27-20/h1-6,9,12,14,19,23H,7-8,10-11,13H2,(H,26,27)(H,28,30). The number of pyridine rings is 1. The van der Waals surface area contributed by atoms with E-state index in [1.807, 2.05) is 30.3 Å². The second-order valence-electron chi connectivity index (χ2n) is 7.48. The van der Waals surface area contributed by atoms with Crippen LogP contribution in [0.3, 0.4) is 0 Å². The van der Waals surface area contributed by atoms with Crippen molar-refractivity contribution in [2.24, 2.45) is 0 Å².